The summed E-state index contributed by atoms with van der Waals surface area (Å²) >= 11 is 0. The zero-order valence-electron chi connectivity index (χ0n) is 12.5. The first-order valence-corrected chi connectivity index (χ1v) is 7.37. The molecule has 120 valence electrons. The zero-order chi connectivity index (χ0) is 16.2. The number of benzene rings is 1. The first kappa shape index (κ1) is 15.2. The van der Waals surface area contributed by atoms with Crippen LogP contribution in [0, 0.1) is 10.1 Å². The molecule has 0 aliphatic carbocycles. The van der Waals surface area contributed by atoms with Gasteiger partial charge in [0.05, 0.1) is 11.3 Å². The van der Waals surface area contributed by atoms with Crippen molar-refractivity contribution in [1.82, 2.24) is 14.9 Å². The van der Waals surface area contributed by atoms with Gasteiger partial charge in [0.15, 0.2) is 0 Å². The molecule has 0 radical (unpaired) electrons. The number of H-pyrrole nitrogens is 1. The van der Waals surface area contributed by atoms with E-state index in [2.05, 4.69) is 19.8 Å². The molecule has 0 spiro atoms. The Labute approximate surface area is 132 Å². The van der Waals surface area contributed by atoms with E-state index in [-0.39, 0.29) is 16.2 Å². The molecule has 0 amide bonds. The number of anilines is 1. The summed E-state index contributed by atoms with van der Waals surface area (Å²) in [6, 6.07) is 8.22. The third-order valence-electron chi connectivity index (χ3n) is 3.89. The molecule has 2 heterocycles. The molecule has 2 aromatic rings. The van der Waals surface area contributed by atoms with Crippen LogP contribution in [-0.2, 0) is 6.54 Å². The second-order valence-corrected chi connectivity index (χ2v) is 5.46. The minimum absolute atomic E-state index is 0.119. The Hall–Kier alpha value is -2.74. The molecule has 8 nitrogen and oxygen atoms in total. The number of nitrogens with one attached hydrogen (secondary N) is 1. The molecular weight excluding hydrogens is 298 g/mol. The van der Waals surface area contributed by atoms with E-state index in [1.807, 2.05) is 6.07 Å². The number of nitro benzene ring substituents is 1. The van der Waals surface area contributed by atoms with E-state index >= 15 is 0 Å². The van der Waals surface area contributed by atoms with Gasteiger partial charge in [0.1, 0.15) is 5.82 Å². The third-order valence-corrected chi connectivity index (χ3v) is 3.89. The fourth-order valence-electron chi connectivity index (χ4n) is 2.69. The fourth-order valence-corrected chi connectivity index (χ4v) is 2.69. The lowest BCUT2D eigenvalue weighted by Crippen LogP contribution is -2.46. The Kier molecular flexibility index (Phi) is 4.33. The first-order valence-electron chi connectivity index (χ1n) is 7.37. The largest absolute Gasteiger partial charge is 0.354 e. The standard InChI is InChI=1S/C15H17N5O3/c21-15-9-14(16-11-17-15)19-6-4-18(5-7-19)10-12-2-1-3-13(8-12)20(22)23/h1-3,8-9,11H,4-7,10H2,(H,16,17,21). The molecule has 0 unspecified atom stereocenters. The normalized spacial score (nSPS) is 15.6. The van der Waals surface area contributed by atoms with Crippen LogP contribution in [0.15, 0.2) is 41.5 Å². The highest BCUT2D eigenvalue weighted by atomic mass is 16.6. The molecule has 1 aromatic heterocycles. The van der Waals surface area contributed by atoms with Crippen molar-refractivity contribution in [3.8, 4) is 0 Å². The van der Waals surface area contributed by atoms with Crippen LogP contribution in [0.5, 0.6) is 0 Å². The summed E-state index contributed by atoms with van der Waals surface area (Å²) in [5.41, 5.74) is 0.893. The maximum absolute atomic E-state index is 11.3. The molecule has 1 aromatic carbocycles. The second-order valence-electron chi connectivity index (χ2n) is 5.46. The molecule has 1 N–H and O–H groups in total. The Bertz CT molecular complexity index is 753. The van der Waals surface area contributed by atoms with Gasteiger partial charge >= 0.3 is 0 Å². The van der Waals surface area contributed by atoms with E-state index in [4.69, 9.17) is 0 Å². The average molecular weight is 315 g/mol. The van der Waals surface area contributed by atoms with E-state index in [1.54, 1.807) is 12.1 Å². The summed E-state index contributed by atoms with van der Waals surface area (Å²) in [6.45, 7) is 3.85. The summed E-state index contributed by atoms with van der Waals surface area (Å²) in [5, 5.41) is 10.8. The number of nitro groups is 1. The van der Waals surface area contributed by atoms with E-state index in [1.165, 1.54) is 18.5 Å². The molecule has 1 aliphatic rings. The lowest BCUT2D eigenvalue weighted by atomic mass is 10.1. The zero-order valence-corrected chi connectivity index (χ0v) is 12.5. The number of piperazine rings is 1. The molecule has 8 heteroatoms. The lowest BCUT2D eigenvalue weighted by Gasteiger charge is -2.35. The maximum atomic E-state index is 11.3. The lowest BCUT2D eigenvalue weighted by molar-refractivity contribution is -0.384. The van der Waals surface area contributed by atoms with Crippen LogP contribution in [-0.4, -0.2) is 46.0 Å². The van der Waals surface area contributed by atoms with Gasteiger partial charge < -0.3 is 9.88 Å². The predicted octanol–water partition coefficient (Wildman–Crippen LogP) is 1.00. The van der Waals surface area contributed by atoms with Crippen LogP contribution >= 0.6 is 0 Å². The van der Waals surface area contributed by atoms with Crippen molar-refractivity contribution in [2.45, 2.75) is 6.54 Å². The minimum atomic E-state index is -0.375. The molecule has 0 bridgehead atoms. The van der Waals surface area contributed by atoms with Crippen molar-refractivity contribution in [1.29, 1.82) is 0 Å². The third kappa shape index (κ3) is 3.72. The quantitative estimate of drug-likeness (QED) is 0.668. The van der Waals surface area contributed by atoms with Crippen molar-refractivity contribution in [3.63, 3.8) is 0 Å². The Morgan fingerprint density at radius 1 is 1.22 bits per heavy atom. The van der Waals surface area contributed by atoms with Crippen molar-refractivity contribution in [3.05, 3.63) is 62.7 Å². The highest BCUT2D eigenvalue weighted by Crippen LogP contribution is 2.17. The highest BCUT2D eigenvalue weighted by molar-refractivity contribution is 5.37. The maximum Gasteiger partial charge on any atom is 0.269 e. The number of hydrogen-bond acceptors (Lipinski definition) is 6. The highest BCUT2D eigenvalue weighted by Gasteiger charge is 2.19. The summed E-state index contributed by atoms with van der Waals surface area (Å²) in [4.78, 5) is 32.8. The van der Waals surface area contributed by atoms with Gasteiger partial charge in [0.25, 0.3) is 11.2 Å². The summed E-state index contributed by atoms with van der Waals surface area (Å²) in [7, 11) is 0. The van der Waals surface area contributed by atoms with Crippen LogP contribution < -0.4 is 10.5 Å². The topological polar surface area (TPSA) is 95.4 Å². The smallest absolute Gasteiger partial charge is 0.269 e. The molecule has 1 saturated heterocycles. The van der Waals surface area contributed by atoms with E-state index in [9.17, 15) is 14.9 Å². The van der Waals surface area contributed by atoms with Crippen molar-refractivity contribution in [2.75, 3.05) is 31.1 Å². The predicted molar refractivity (Wildman–Crippen MR) is 85.4 cm³/mol. The van der Waals surface area contributed by atoms with E-state index < -0.39 is 0 Å². The second kappa shape index (κ2) is 6.57. The van der Waals surface area contributed by atoms with Gasteiger partial charge in [-0.2, -0.15) is 0 Å². The Morgan fingerprint density at radius 2 is 2.00 bits per heavy atom. The summed E-state index contributed by atoms with van der Waals surface area (Å²) in [5.74, 6) is 0.684. The average Bonchev–Trinajstić information content (AvgIpc) is 2.56. The SMILES string of the molecule is O=c1cc(N2CCN(Cc3cccc([N+](=O)[O-])c3)CC2)nc[nH]1. The number of hydrogen-bond donors (Lipinski definition) is 1. The molecule has 0 atom stereocenters. The number of rotatable bonds is 4. The molecule has 1 fully saturated rings. The van der Waals surface area contributed by atoms with E-state index in [0.29, 0.717) is 12.4 Å². The number of non-ortho nitro benzene ring substituents is 1. The molecule has 3 rings (SSSR count). The molecular formula is C15H17N5O3. The summed E-state index contributed by atoms with van der Waals surface area (Å²) < 4.78 is 0. The van der Waals surface area contributed by atoms with Crippen molar-refractivity contribution < 1.29 is 4.92 Å². The molecule has 1 aliphatic heterocycles. The van der Waals surface area contributed by atoms with Gasteiger partial charge in [-0.05, 0) is 5.56 Å². The Morgan fingerprint density at radius 3 is 2.70 bits per heavy atom. The first-order chi connectivity index (χ1) is 11.1. The van der Waals surface area contributed by atoms with Gasteiger partial charge in [-0.15, -0.1) is 0 Å². The van der Waals surface area contributed by atoms with Crippen molar-refractivity contribution in [2.24, 2.45) is 0 Å². The molecule has 23 heavy (non-hydrogen) atoms. The Balaban J connectivity index is 1.60. The van der Waals surface area contributed by atoms with Gasteiger partial charge in [0.2, 0.25) is 0 Å². The number of nitrogens with zero attached hydrogens (tertiary/aromatic N) is 4. The van der Waals surface area contributed by atoms with Crippen LogP contribution in [0.3, 0.4) is 0 Å². The van der Waals surface area contributed by atoms with Gasteiger partial charge in [0, 0.05) is 50.9 Å². The minimum Gasteiger partial charge on any atom is -0.354 e. The van der Waals surface area contributed by atoms with Crippen LogP contribution in [0.25, 0.3) is 0 Å². The van der Waals surface area contributed by atoms with Crippen LogP contribution in [0.2, 0.25) is 0 Å². The van der Waals surface area contributed by atoms with Gasteiger partial charge in [-0.3, -0.25) is 19.8 Å². The number of aromatic amines is 1. The van der Waals surface area contributed by atoms with E-state index in [0.717, 1.165) is 31.7 Å². The number of aromatic nitrogens is 2. The van der Waals surface area contributed by atoms with Crippen LogP contribution in [0.4, 0.5) is 11.5 Å². The van der Waals surface area contributed by atoms with Gasteiger partial charge in [-0.1, -0.05) is 12.1 Å². The van der Waals surface area contributed by atoms with Crippen LogP contribution in [0.1, 0.15) is 5.56 Å². The van der Waals surface area contributed by atoms with Gasteiger partial charge in [-0.25, -0.2) is 4.98 Å². The molecule has 0 saturated carbocycles. The van der Waals surface area contributed by atoms with Crippen molar-refractivity contribution >= 4 is 11.5 Å². The summed E-state index contributed by atoms with van der Waals surface area (Å²) in [6.07, 6.45) is 1.41. The fraction of sp³-hybridized carbons (Fsp3) is 0.333. The monoisotopic (exact) mass is 315 g/mol.